The molecule has 1 aromatic heterocycles. The lowest BCUT2D eigenvalue weighted by Gasteiger charge is -2.25. The maximum atomic E-state index is 10.7. The number of aliphatic hydroxyl groups excluding tert-OH is 1. The molecule has 0 spiro atoms. The number of hydrogen-bond acceptors (Lipinski definition) is 4. The Morgan fingerprint density at radius 2 is 2.22 bits per heavy atom. The number of nitro groups is 1. The fourth-order valence-electron chi connectivity index (χ4n) is 2.64. The van der Waals surface area contributed by atoms with Crippen LogP contribution >= 0.6 is 0 Å². The number of rotatable bonds is 4. The van der Waals surface area contributed by atoms with E-state index in [0.717, 1.165) is 12.8 Å². The summed E-state index contributed by atoms with van der Waals surface area (Å²) in [7, 11) is 0. The van der Waals surface area contributed by atoms with Crippen molar-refractivity contribution in [2.24, 2.45) is 5.92 Å². The Balaban J connectivity index is 2.00. The van der Waals surface area contributed by atoms with Gasteiger partial charge in [-0.3, -0.25) is 0 Å². The lowest BCUT2D eigenvalue weighted by Crippen LogP contribution is -2.27. The molecule has 2 rings (SSSR count). The molecule has 1 saturated carbocycles. The first-order chi connectivity index (χ1) is 8.58. The van der Waals surface area contributed by atoms with Gasteiger partial charge in [-0.2, -0.15) is 4.68 Å². The van der Waals surface area contributed by atoms with Gasteiger partial charge in [-0.05, 0) is 30.6 Å². The van der Waals surface area contributed by atoms with Gasteiger partial charge in [0.15, 0.2) is 0 Å². The molecule has 0 unspecified atom stereocenters. The van der Waals surface area contributed by atoms with Crippen LogP contribution in [0.1, 0.15) is 37.7 Å². The van der Waals surface area contributed by atoms with Gasteiger partial charge in [0.05, 0.1) is 29.5 Å². The highest BCUT2D eigenvalue weighted by Gasteiger charge is 2.25. The third-order valence-corrected chi connectivity index (χ3v) is 3.66. The second-order valence-electron chi connectivity index (χ2n) is 5.08. The van der Waals surface area contributed by atoms with Crippen molar-refractivity contribution in [1.29, 1.82) is 0 Å². The molecular weight excluding hydrogens is 234 g/mol. The van der Waals surface area contributed by atoms with Crippen LogP contribution in [-0.2, 0) is 6.54 Å². The Hall–Kier alpha value is -1.43. The van der Waals surface area contributed by atoms with Crippen LogP contribution in [-0.4, -0.2) is 25.9 Å². The van der Waals surface area contributed by atoms with Crippen molar-refractivity contribution in [2.45, 2.75) is 51.7 Å². The number of aliphatic hydroxyl groups is 1. The Bertz CT molecular complexity index is 424. The van der Waals surface area contributed by atoms with E-state index in [1.54, 1.807) is 13.1 Å². The highest BCUT2D eigenvalue weighted by Crippen LogP contribution is 2.27. The zero-order chi connectivity index (χ0) is 13.1. The molecule has 1 atom stereocenters. The van der Waals surface area contributed by atoms with Gasteiger partial charge in [-0.25, -0.2) is 0 Å². The number of nitrogens with zero attached hydrogens (tertiary/aromatic N) is 3. The third-order valence-electron chi connectivity index (χ3n) is 3.66. The quantitative estimate of drug-likeness (QED) is 0.657. The monoisotopic (exact) mass is 253 g/mol. The van der Waals surface area contributed by atoms with Crippen molar-refractivity contribution in [3.8, 4) is 0 Å². The van der Waals surface area contributed by atoms with Crippen LogP contribution in [0.4, 0.5) is 5.82 Å². The molecule has 1 aromatic rings. The smallest absolute Gasteiger partial charge is 0.391 e. The molecule has 1 N–H and O–H groups in total. The van der Waals surface area contributed by atoms with Crippen molar-refractivity contribution in [2.75, 3.05) is 0 Å². The first-order valence-corrected chi connectivity index (χ1v) is 6.44. The van der Waals surface area contributed by atoms with Crippen molar-refractivity contribution >= 4 is 5.82 Å². The summed E-state index contributed by atoms with van der Waals surface area (Å²) in [5, 5.41) is 24.7. The number of aryl methyl sites for hydroxylation is 1. The molecule has 0 bridgehead atoms. The van der Waals surface area contributed by atoms with E-state index in [4.69, 9.17) is 0 Å². The summed E-state index contributed by atoms with van der Waals surface area (Å²) in [4.78, 5) is 10.2. The Kier molecular flexibility index (Phi) is 3.96. The van der Waals surface area contributed by atoms with Gasteiger partial charge in [-0.1, -0.05) is 19.3 Å². The van der Waals surface area contributed by atoms with Crippen LogP contribution < -0.4 is 0 Å². The molecule has 0 saturated heterocycles. The van der Waals surface area contributed by atoms with Gasteiger partial charge in [0, 0.05) is 0 Å². The minimum absolute atomic E-state index is 0.120. The molecule has 6 heteroatoms. The Labute approximate surface area is 106 Å². The molecule has 1 aliphatic carbocycles. The Morgan fingerprint density at radius 3 is 2.78 bits per heavy atom. The molecule has 100 valence electrons. The van der Waals surface area contributed by atoms with Crippen LogP contribution in [0.5, 0.6) is 0 Å². The highest BCUT2D eigenvalue weighted by atomic mass is 16.6. The van der Waals surface area contributed by atoms with E-state index in [-0.39, 0.29) is 5.82 Å². The predicted octanol–water partition coefficient (Wildman–Crippen LogP) is 2.04. The van der Waals surface area contributed by atoms with Gasteiger partial charge in [0.1, 0.15) is 0 Å². The SMILES string of the molecule is Cc1cn(C[C@H](O)C2CCCCC2)nc1[N+](=O)[O-]. The summed E-state index contributed by atoms with van der Waals surface area (Å²) in [6.07, 6.45) is 6.84. The van der Waals surface area contributed by atoms with Gasteiger partial charge >= 0.3 is 5.82 Å². The summed E-state index contributed by atoms with van der Waals surface area (Å²) in [6.45, 7) is 2.01. The summed E-state index contributed by atoms with van der Waals surface area (Å²) in [5.74, 6) is 0.188. The van der Waals surface area contributed by atoms with E-state index in [0.29, 0.717) is 18.0 Å². The number of aromatic nitrogens is 2. The van der Waals surface area contributed by atoms with Crippen LogP contribution in [0.15, 0.2) is 6.20 Å². The van der Waals surface area contributed by atoms with Gasteiger partial charge < -0.3 is 15.2 Å². The molecule has 0 amide bonds. The van der Waals surface area contributed by atoms with E-state index in [1.807, 2.05) is 0 Å². The first-order valence-electron chi connectivity index (χ1n) is 6.44. The van der Waals surface area contributed by atoms with E-state index in [1.165, 1.54) is 23.9 Å². The predicted molar refractivity (Wildman–Crippen MR) is 66.2 cm³/mol. The van der Waals surface area contributed by atoms with Crippen LogP contribution in [0.3, 0.4) is 0 Å². The lowest BCUT2D eigenvalue weighted by molar-refractivity contribution is -0.390. The van der Waals surface area contributed by atoms with Crippen molar-refractivity contribution in [3.05, 3.63) is 21.9 Å². The molecule has 6 nitrogen and oxygen atoms in total. The van der Waals surface area contributed by atoms with Crippen LogP contribution in [0, 0.1) is 23.0 Å². The summed E-state index contributed by atoms with van der Waals surface area (Å²) in [5.41, 5.74) is 0.538. The minimum atomic E-state index is -0.487. The van der Waals surface area contributed by atoms with Crippen molar-refractivity contribution in [3.63, 3.8) is 0 Å². The van der Waals surface area contributed by atoms with E-state index < -0.39 is 11.0 Å². The molecular formula is C12H19N3O3. The summed E-state index contributed by atoms with van der Waals surface area (Å²) < 4.78 is 1.49. The second kappa shape index (κ2) is 5.48. The number of hydrogen-bond donors (Lipinski definition) is 1. The van der Waals surface area contributed by atoms with E-state index in [2.05, 4.69) is 5.10 Å². The molecule has 18 heavy (non-hydrogen) atoms. The molecule has 0 aliphatic heterocycles. The van der Waals surface area contributed by atoms with Crippen LogP contribution in [0.2, 0.25) is 0 Å². The third kappa shape index (κ3) is 2.87. The largest absolute Gasteiger partial charge is 0.392 e. The minimum Gasteiger partial charge on any atom is -0.391 e. The normalized spacial score (nSPS) is 18.8. The average Bonchev–Trinajstić information content (AvgIpc) is 2.71. The van der Waals surface area contributed by atoms with Gasteiger partial charge in [0.25, 0.3) is 0 Å². The zero-order valence-corrected chi connectivity index (χ0v) is 10.6. The average molecular weight is 253 g/mol. The van der Waals surface area contributed by atoms with Crippen molar-refractivity contribution in [1.82, 2.24) is 9.78 Å². The first kappa shape index (κ1) is 13.0. The summed E-state index contributed by atoms with van der Waals surface area (Å²) >= 11 is 0. The van der Waals surface area contributed by atoms with Gasteiger partial charge in [-0.15, -0.1) is 0 Å². The maximum Gasteiger partial charge on any atom is 0.392 e. The fraction of sp³-hybridized carbons (Fsp3) is 0.750. The van der Waals surface area contributed by atoms with E-state index >= 15 is 0 Å². The highest BCUT2D eigenvalue weighted by molar-refractivity contribution is 5.28. The fourth-order valence-corrected chi connectivity index (χ4v) is 2.64. The zero-order valence-electron chi connectivity index (χ0n) is 10.6. The van der Waals surface area contributed by atoms with Crippen molar-refractivity contribution < 1.29 is 10.0 Å². The standard InChI is InChI=1S/C12H19N3O3/c1-9-7-14(13-12(9)15(17)18)8-11(16)10-5-3-2-4-6-10/h7,10-11,16H,2-6,8H2,1H3/t11-/m0/s1. The van der Waals surface area contributed by atoms with Gasteiger partial charge in [0.2, 0.25) is 0 Å². The lowest BCUT2D eigenvalue weighted by atomic mass is 9.85. The van der Waals surface area contributed by atoms with E-state index in [9.17, 15) is 15.2 Å². The molecule has 1 heterocycles. The maximum absolute atomic E-state index is 10.7. The molecule has 1 fully saturated rings. The van der Waals surface area contributed by atoms with Crippen LogP contribution in [0.25, 0.3) is 0 Å². The second-order valence-corrected chi connectivity index (χ2v) is 5.08. The molecule has 0 radical (unpaired) electrons. The molecule has 1 aliphatic rings. The Morgan fingerprint density at radius 1 is 1.56 bits per heavy atom. The summed E-state index contributed by atoms with van der Waals surface area (Å²) in [6, 6.07) is 0. The topological polar surface area (TPSA) is 81.2 Å². The molecule has 0 aromatic carbocycles.